The molecular formula is C32H30O9. The largest absolute Gasteiger partial charge is 0.493 e. The minimum absolute atomic E-state index is 0.250. The average Bonchev–Trinajstić information content (AvgIpc) is 2.99. The van der Waals surface area contributed by atoms with Crippen LogP contribution >= 0.6 is 0 Å². The van der Waals surface area contributed by atoms with Gasteiger partial charge in [-0.1, -0.05) is 25.3 Å². The van der Waals surface area contributed by atoms with Crippen molar-refractivity contribution in [2.24, 2.45) is 0 Å². The highest BCUT2D eigenvalue weighted by atomic mass is 16.5. The van der Waals surface area contributed by atoms with Crippen molar-refractivity contribution < 1.29 is 42.9 Å². The molecule has 0 aromatic heterocycles. The third-order valence-electron chi connectivity index (χ3n) is 5.53. The Bertz CT molecular complexity index is 1360. The number of hydrogen-bond acceptors (Lipinski definition) is 9. The first kappa shape index (κ1) is 30.4. The Morgan fingerprint density at radius 3 is 1.76 bits per heavy atom. The van der Waals surface area contributed by atoms with Crippen LogP contribution in [0.3, 0.4) is 0 Å². The molecule has 0 radical (unpaired) electrons. The van der Waals surface area contributed by atoms with Crippen molar-refractivity contribution in [3.05, 3.63) is 109 Å². The van der Waals surface area contributed by atoms with E-state index >= 15 is 0 Å². The van der Waals surface area contributed by atoms with Crippen molar-refractivity contribution in [1.29, 1.82) is 0 Å². The predicted octanol–water partition coefficient (Wildman–Crippen LogP) is 5.88. The zero-order chi connectivity index (χ0) is 29.5. The van der Waals surface area contributed by atoms with Gasteiger partial charge in [0.25, 0.3) is 0 Å². The Kier molecular flexibility index (Phi) is 11.9. The van der Waals surface area contributed by atoms with Gasteiger partial charge in [0.2, 0.25) is 0 Å². The molecule has 0 heterocycles. The van der Waals surface area contributed by atoms with E-state index in [0.29, 0.717) is 19.0 Å². The molecule has 3 aromatic carbocycles. The molecule has 0 unspecified atom stereocenters. The van der Waals surface area contributed by atoms with Gasteiger partial charge in [-0.15, -0.1) is 0 Å². The molecule has 0 fully saturated rings. The van der Waals surface area contributed by atoms with Crippen molar-refractivity contribution in [3.63, 3.8) is 0 Å². The zero-order valence-corrected chi connectivity index (χ0v) is 22.4. The van der Waals surface area contributed by atoms with Gasteiger partial charge in [0.1, 0.15) is 28.6 Å². The van der Waals surface area contributed by atoms with E-state index in [-0.39, 0.29) is 28.4 Å². The van der Waals surface area contributed by atoms with Gasteiger partial charge in [-0.2, -0.15) is 0 Å². The molecule has 3 aromatic rings. The Hall–Kier alpha value is -5.18. The molecule has 212 valence electrons. The zero-order valence-electron chi connectivity index (χ0n) is 22.4. The highest BCUT2D eigenvalue weighted by molar-refractivity contribution is 5.94. The van der Waals surface area contributed by atoms with Crippen molar-refractivity contribution >= 4 is 23.9 Å². The first-order valence-electron chi connectivity index (χ1n) is 12.9. The molecule has 0 saturated carbocycles. The van der Waals surface area contributed by atoms with Gasteiger partial charge in [0, 0.05) is 12.2 Å². The third-order valence-corrected chi connectivity index (χ3v) is 5.53. The topological polar surface area (TPSA) is 114 Å². The summed E-state index contributed by atoms with van der Waals surface area (Å²) in [5.41, 5.74) is 0.533. The summed E-state index contributed by atoms with van der Waals surface area (Å²) in [5.74, 6) is -1.05. The third kappa shape index (κ3) is 10.1. The van der Waals surface area contributed by atoms with Crippen LogP contribution in [0, 0.1) is 0 Å². The van der Waals surface area contributed by atoms with E-state index in [1.807, 2.05) is 0 Å². The number of unbranched alkanes of at least 4 members (excludes halogenated alkanes) is 3. The summed E-state index contributed by atoms with van der Waals surface area (Å²) in [6.07, 6.45) is 5.46. The van der Waals surface area contributed by atoms with Crippen molar-refractivity contribution in [2.45, 2.75) is 25.7 Å². The van der Waals surface area contributed by atoms with Gasteiger partial charge < -0.3 is 23.7 Å². The van der Waals surface area contributed by atoms with E-state index in [9.17, 15) is 19.2 Å². The van der Waals surface area contributed by atoms with Crippen LogP contribution in [-0.4, -0.2) is 37.1 Å². The molecule has 0 amide bonds. The summed E-state index contributed by atoms with van der Waals surface area (Å²) in [6.45, 7) is 7.45. The van der Waals surface area contributed by atoms with Crippen LogP contribution in [-0.2, 0) is 14.3 Å². The fourth-order valence-corrected chi connectivity index (χ4v) is 3.45. The smallest absolute Gasteiger partial charge is 0.347 e. The van der Waals surface area contributed by atoms with E-state index < -0.39 is 23.9 Å². The lowest BCUT2D eigenvalue weighted by Crippen LogP contribution is -2.11. The first-order chi connectivity index (χ1) is 19.9. The molecular weight excluding hydrogens is 528 g/mol. The highest BCUT2D eigenvalue weighted by Gasteiger charge is 2.15. The van der Waals surface area contributed by atoms with Gasteiger partial charge in [0.15, 0.2) is 0 Å². The maximum absolute atomic E-state index is 12.8. The highest BCUT2D eigenvalue weighted by Crippen LogP contribution is 2.24. The van der Waals surface area contributed by atoms with E-state index in [0.717, 1.165) is 37.8 Å². The quantitative estimate of drug-likeness (QED) is 0.0975. The molecule has 9 heteroatoms. The van der Waals surface area contributed by atoms with Crippen LogP contribution in [0.1, 0.15) is 46.4 Å². The van der Waals surface area contributed by atoms with Crippen LogP contribution in [0.2, 0.25) is 0 Å². The number of hydrogen-bond donors (Lipinski definition) is 0. The lowest BCUT2D eigenvalue weighted by atomic mass is 10.2. The minimum Gasteiger partial charge on any atom is -0.493 e. The molecule has 0 saturated heterocycles. The van der Waals surface area contributed by atoms with Gasteiger partial charge in [-0.25, -0.2) is 19.2 Å². The lowest BCUT2D eigenvalue weighted by Gasteiger charge is -2.11. The van der Waals surface area contributed by atoms with E-state index in [2.05, 4.69) is 13.2 Å². The Labute approximate surface area is 237 Å². The summed E-state index contributed by atoms with van der Waals surface area (Å²) < 4.78 is 26.6. The monoisotopic (exact) mass is 558 g/mol. The summed E-state index contributed by atoms with van der Waals surface area (Å²) >= 11 is 0. The van der Waals surface area contributed by atoms with E-state index in [4.69, 9.17) is 23.7 Å². The van der Waals surface area contributed by atoms with Gasteiger partial charge >= 0.3 is 23.9 Å². The maximum atomic E-state index is 12.8. The van der Waals surface area contributed by atoms with Gasteiger partial charge in [-0.3, -0.25) is 0 Å². The van der Waals surface area contributed by atoms with Crippen molar-refractivity contribution in [3.8, 4) is 23.0 Å². The molecule has 0 bridgehead atoms. The number of benzene rings is 3. The fraction of sp³-hybridized carbons (Fsp3) is 0.188. The Morgan fingerprint density at radius 1 is 0.585 bits per heavy atom. The molecule has 0 spiro atoms. The van der Waals surface area contributed by atoms with Crippen LogP contribution in [0.4, 0.5) is 0 Å². The number of para-hydroxylation sites is 1. The molecule has 3 rings (SSSR count). The minimum atomic E-state index is -0.612. The summed E-state index contributed by atoms with van der Waals surface area (Å²) in [7, 11) is 0. The Morgan fingerprint density at radius 2 is 1.12 bits per heavy atom. The molecule has 0 aliphatic carbocycles. The normalized spacial score (nSPS) is 10.1. The van der Waals surface area contributed by atoms with E-state index in [1.54, 1.807) is 24.3 Å². The fourth-order valence-electron chi connectivity index (χ4n) is 3.45. The second-order valence-electron chi connectivity index (χ2n) is 8.53. The molecule has 0 atom stereocenters. The Balaban J connectivity index is 1.46. The first-order valence-corrected chi connectivity index (χ1v) is 12.9. The number of carbonyl (C=O) groups excluding carboxylic acids is 4. The van der Waals surface area contributed by atoms with Crippen molar-refractivity contribution in [2.75, 3.05) is 13.2 Å². The maximum Gasteiger partial charge on any atom is 0.347 e. The van der Waals surface area contributed by atoms with E-state index in [1.165, 1.54) is 48.5 Å². The lowest BCUT2D eigenvalue weighted by molar-refractivity contribution is -0.137. The average molecular weight is 559 g/mol. The van der Waals surface area contributed by atoms with Crippen LogP contribution < -0.4 is 18.9 Å². The second kappa shape index (κ2) is 16.0. The number of rotatable bonds is 15. The summed E-state index contributed by atoms with van der Waals surface area (Å²) in [4.78, 5) is 47.5. The SMILES string of the molecule is C=CC(=O)OCCCCCCOc1ccccc1C(=O)Oc1ccc(OC(=O)c2ccc(OC(=O)C=C)cc2)cc1. The van der Waals surface area contributed by atoms with Crippen LogP contribution in [0.15, 0.2) is 98.1 Å². The summed E-state index contributed by atoms with van der Waals surface area (Å²) in [5, 5.41) is 0. The van der Waals surface area contributed by atoms with Crippen LogP contribution in [0.25, 0.3) is 0 Å². The molecule has 0 N–H and O–H groups in total. The number of carbonyl (C=O) groups is 4. The summed E-state index contributed by atoms with van der Waals surface area (Å²) in [6, 6.07) is 18.7. The van der Waals surface area contributed by atoms with Crippen LogP contribution in [0.5, 0.6) is 23.0 Å². The molecule has 0 aliphatic heterocycles. The molecule has 9 nitrogen and oxygen atoms in total. The van der Waals surface area contributed by atoms with Gasteiger partial charge in [-0.05, 0) is 86.3 Å². The molecule has 0 aliphatic rings. The number of esters is 4. The van der Waals surface area contributed by atoms with Gasteiger partial charge in [0.05, 0.1) is 18.8 Å². The second-order valence-corrected chi connectivity index (χ2v) is 8.53. The predicted molar refractivity (Wildman–Crippen MR) is 150 cm³/mol. The molecule has 41 heavy (non-hydrogen) atoms. The number of ether oxygens (including phenoxy) is 5. The standard InChI is InChI=1S/C32H30O9/c1-3-29(33)38-22-10-6-5-9-21-37-28-12-8-7-11-27(28)32(36)41-26-19-17-25(18-20-26)40-31(35)23-13-15-24(16-14-23)39-30(34)4-2/h3-4,7-8,11-20H,1-2,5-6,9-10,21-22H2. The van der Waals surface area contributed by atoms with Crippen molar-refractivity contribution in [1.82, 2.24) is 0 Å².